The number of nitrogens with zero attached hydrogens (tertiary/aromatic N) is 1. The van der Waals surface area contributed by atoms with Crippen LogP contribution in [-0.4, -0.2) is 10.0 Å². The number of hydrogen-bond donors (Lipinski definition) is 1. The summed E-state index contributed by atoms with van der Waals surface area (Å²) in [5.74, 6) is -0.470. The number of phenols is 1. The van der Waals surface area contributed by atoms with Gasteiger partial charge in [-0.05, 0) is 28.9 Å². The van der Waals surface area contributed by atoms with Gasteiger partial charge in [0.05, 0.1) is 9.95 Å². The van der Waals surface area contributed by atoms with Crippen LogP contribution >= 0.6 is 11.6 Å². The lowest BCUT2D eigenvalue weighted by atomic mass is 9.72. The second-order valence-corrected chi connectivity index (χ2v) is 7.11. The van der Waals surface area contributed by atoms with Crippen LogP contribution in [0.15, 0.2) is 12.1 Å². The number of nitro benzene ring substituents is 1. The maximum Gasteiger partial charge on any atom is 0.312 e. The Labute approximate surface area is 118 Å². The Kier molecular flexibility index (Phi) is 4.15. The van der Waals surface area contributed by atoms with Crippen molar-refractivity contribution < 1.29 is 10.0 Å². The Bertz CT molecular complexity index is 504. The fourth-order valence-electron chi connectivity index (χ4n) is 2.54. The van der Waals surface area contributed by atoms with E-state index in [0.717, 1.165) is 12.0 Å². The molecule has 0 saturated heterocycles. The molecule has 0 aliphatic carbocycles. The standard InChI is InChI=1S/C14H20ClNO3/c1-13(2,3)8-14(4,5)9-6-10(15)12(17)11(7-9)16(18)19/h6-7,17H,8H2,1-5H3. The third kappa shape index (κ3) is 3.83. The van der Waals surface area contributed by atoms with E-state index in [1.807, 2.05) is 13.8 Å². The molecule has 0 aliphatic heterocycles. The average Bonchev–Trinajstić information content (AvgIpc) is 2.17. The van der Waals surface area contributed by atoms with Crippen LogP contribution in [0.5, 0.6) is 5.75 Å². The van der Waals surface area contributed by atoms with E-state index in [9.17, 15) is 15.2 Å². The van der Waals surface area contributed by atoms with Gasteiger partial charge in [0.2, 0.25) is 5.75 Å². The summed E-state index contributed by atoms with van der Waals surface area (Å²) >= 11 is 5.89. The number of rotatable bonds is 3. The first-order valence-electron chi connectivity index (χ1n) is 6.11. The molecule has 0 aliphatic rings. The summed E-state index contributed by atoms with van der Waals surface area (Å²) in [6.45, 7) is 10.4. The quantitative estimate of drug-likeness (QED) is 0.648. The Morgan fingerprint density at radius 3 is 2.21 bits per heavy atom. The van der Waals surface area contributed by atoms with Crippen molar-refractivity contribution in [1.29, 1.82) is 0 Å². The number of nitro groups is 1. The maximum atomic E-state index is 10.9. The SMILES string of the molecule is CC(C)(C)CC(C)(C)c1cc(Cl)c(O)c([N+](=O)[O-])c1. The van der Waals surface area contributed by atoms with E-state index in [1.165, 1.54) is 6.07 Å². The van der Waals surface area contributed by atoms with E-state index in [-0.39, 0.29) is 21.5 Å². The summed E-state index contributed by atoms with van der Waals surface area (Å²) in [6.07, 6.45) is 0.845. The van der Waals surface area contributed by atoms with Crippen LogP contribution in [0, 0.1) is 15.5 Å². The molecule has 19 heavy (non-hydrogen) atoms. The molecule has 0 fully saturated rings. The lowest BCUT2D eigenvalue weighted by Gasteiger charge is -2.33. The van der Waals surface area contributed by atoms with Crippen molar-refractivity contribution in [3.63, 3.8) is 0 Å². The van der Waals surface area contributed by atoms with Gasteiger partial charge in [-0.1, -0.05) is 46.2 Å². The molecule has 0 aromatic heterocycles. The fourth-order valence-corrected chi connectivity index (χ4v) is 2.76. The zero-order chi connectivity index (χ0) is 15.0. The summed E-state index contributed by atoms with van der Waals surface area (Å²) in [7, 11) is 0. The maximum absolute atomic E-state index is 10.9. The van der Waals surface area contributed by atoms with Crippen LogP contribution in [0.2, 0.25) is 5.02 Å². The molecule has 1 aromatic rings. The third-order valence-corrected chi connectivity index (χ3v) is 3.28. The molecule has 1 N–H and O–H groups in total. The molecule has 5 heteroatoms. The smallest absolute Gasteiger partial charge is 0.312 e. The van der Waals surface area contributed by atoms with Gasteiger partial charge in [0.25, 0.3) is 0 Å². The fraction of sp³-hybridized carbons (Fsp3) is 0.571. The topological polar surface area (TPSA) is 63.4 Å². The highest BCUT2D eigenvalue weighted by Crippen LogP contribution is 2.42. The zero-order valence-electron chi connectivity index (χ0n) is 12.0. The molecule has 1 aromatic carbocycles. The molecule has 0 atom stereocenters. The zero-order valence-corrected chi connectivity index (χ0v) is 12.7. The van der Waals surface area contributed by atoms with Crippen LogP contribution in [0.3, 0.4) is 0 Å². The van der Waals surface area contributed by atoms with Crippen LogP contribution in [0.4, 0.5) is 5.69 Å². The first kappa shape index (κ1) is 15.8. The molecule has 0 saturated carbocycles. The number of phenolic OH excluding ortho intramolecular Hbond substituents is 1. The molecule has 1 rings (SSSR count). The summed E-state index contributed by atoms with van der Waals surface area (Å²) in [4.78, 5) is 10.3. The Hall–Kier alpha value is -1.29. The van der Waals surface area contributed by atoms with Gasteiger partial charge < -0.3 is 5.11 Å². The van der Waals surface area contributed by atoms with Crippen LogP contribution < -0.4 is 0 Å². The van der Waals surface area contributed by atoms with Gasteiger partial charge in [0.15, 0.2) is 0 Å². The van der Waals surface area contributed by atoms with Crippen molar-refractivity contribution in [1.82, 2.24) is 0 Å². The van der Waals surface area contributed by atoms with E-state index in [1.54, 1.807) is 6.07 Å². The molecule has 106 valence electrons. The molecule has 0 spiro atoms. The Morgan fingerprint density at radius 2 is 1.79 bits per heavy atom. The van der Waals surface area contributed by atoms with Crippen LogP contribution in [-0.2, 0) is 5.41 Å². The third-order valence-electron chi connectivity index (χ3n) is 2.99. The number of halogens is 1. The molecule has 4 nitrogen and oxygen atoms in total. The lowest BCUT2D eigenvalue weighted by Crippen LogP contribution is -2.24. The monoisotopic (exact) mass is 285 g/mol. The van der Waals surface area contributed by atoms with E-state index in [4.69, 9.17) is 11.6 Å². The van der Waals surface area contributed by atoms with Crippen molar-refractivity contribution >= 4 is 17.3 Å². The second-order valence-electron chi connectivity index (χ2n) is 6.70. The average molecular weight is 286 g/mol. The van der Waals surface area contributed by atoms with Gasteiger partial charge in [-0.2, -0.15) is 0 Å². The van der Waals surface area contributed by atoms with Crippen molar-refractivity contribution in [3.05, 3.63) is 32.8 Å². The van der Waals surface area contributed by atoms with Gasteiger partial charge >= 0.3 is 5.69 Å². The first-order valence-corrected chi connectivity index (χ1v) is 6.49. The van der Waals surface area contributed by atoms with Crippen LogP contribution in [0.1, 0.15) is 46.6 Å². The minimum absolute atomic E-state index is 0.0196. The summed E-state index contributed by atoms with van der Waals surface area (Å²) < 4.78 is 0. The second kappa shape index (κ2) is 5.00. The minimum Gasteiger partial charge on any atom is -0.501 e. The van der Waals surface area contributed by atoms with Gasteiger partial charge in [-0.3, -0.25) is 10.1 Å². The van der Waals surface area contributed by atoms with Gasteiger partial charge in [0.1, 0.15) is 0 Å². The summed E-state index contributed by atoms with van der Waals surface area (Å²) in [5, 5.41) is 20.6. The van der Waals surface area contributed by atoms with Crippen molar-refractivity contribution in [2.75, 3.05) is 0 Å². The van der Waals surface area contributed by atoms with E-state index >= 15 is 0 Å². The Balaban J connectivity index is 3.32. The molecule has 0 amide bonds. The highest BCUT2D eigenvalue weighted by molar-refractivity contribution is 6.32. The molecular formula is C14H20ClNO3. The van der Waals surface area contributed by atoms with Crippen molar-refractivity contribution in [2.45, 2.75) is 46.5 Å². The Morgan fingerprint density at radius 1 is 1.26 bits per heavy atom. The van der Waals surface area contributed by atoms with Crippen molar-refractivity contribution in [2.24, 2.45) is 5.41 Å². The molecule has 0 radical (unpaired) electrons. The number of aromatic hydroxyl groups is 1. The number of hydrogen-bond acceptors (Lipinski definition) is 3. The predicted octanol–water partition coefficient (Wildman–Crippen LogP) is 4.67. The highest BCUT2D eigenvalue weighted by atomic mass is 35.5. The van der Waals surface area contributed by atoms with E-state index in [2.05, 4.69) is 20.8 Å². The number of benzene rings is 1. The summed E-state index contributed by atoms with van der Waals surface area (Å²) in [6, 6.07) is 3.02. The normalized spacial score (nSPS) is 12.5. The molecule has 0 heterocycles. The summed E-state index contributed by atoms with van der Waals surface area (Å²) in [5.41, 5.74) is 0.240. The van der Waals surface area contributed by atoms with E-state index in [0.29, 0.717) is 0 Å². The van der Waals surface area contributed by atoms with Crippen molar-refractivity contribution in [3.8, 4) is 5.75 Å². The predicted molar refractivity (Wildman–Crippen MR) is 76.9 cm³/mol. The molecular weight excluding hydrogens is 266 g/mol. The van der Waals surface area contributed by atoms with Gasteiger partial charge in [-0.25, -0.2) is 0 Å². The molecule has 0 unspecified atom stereocenters. The van der Waals surface area contributed by atoms with Crippen LogP contribution in [0.25, 0.3) is 0 Å². The van der Waals surface area contributed by atoms with Gasteiger partial charge in [0, 0.05) is 6.07 Å². The first-order chi connectivity index (χ1) is 8.44. The lowest BCUT2D eigenvalue weighted by molar-refractivity contribution is -0.385. The largest absolute Gasteiger partial charge is 0.501 e. The van der Waals surface area contributed by atoms with Gasteiger partial charge in [-0.15, -0.1) is 0 Å². The highest BCUT2D eigenvalue weighted by Gasteiger charge is 2.30. The minimum atomic E-state index is -0.613. The molecule has 0 bridgehead atoms. The van der Waals surface area contributed by atoms with E-state index < -0.39 is 10.7 Å².